The summed E-state index contributed by atoms with van der Waals surface area (Å²) in [7, 11) is 2.75. The molecule has 0 aliphatic heterocycles. The molecule has 2 unspecified atom stereocenters. The molecule has 26 heavy (non-hydrogen) atoms. The van der Waals surface area contributed by atoms with Gasteiger partial charge in [0.25, 0.3) is 0 Å². The highest BCUT2D eigenvalue weighted by Crippen LogP contribution is 2.30. The predicted octanol–water partition coefficient (Wildman–Crippen LogP) is 3.23. The summed E-state index contributed by atoms with van der Waals surface area (Å²) in [5.74, 6) is -0.482. The van der Waals surface area contributed by atoms with Crippen molar-refractivity contribution in [3.05, 3.63) is 0 Å². The van der Waals surface area contributed by atoms with Gasteiger partial charge in [0.15, 0.2) is 0 Å². The number of hydrogen-bond acceptors (Lipinski definition) is 6. The van der Waals surface area contributed by atoms with Crippen LogP contribution in [0.25, 0.3) is 0 Å². The van der Waals surface area contributed by atoms with Crippen molar-refractivity contribution in [3.8, 4) is 0 Å². The highest BCUT2D eigenvalue weighted by Gasteiger charge is 2.25. The Kier molecular flexibility index (Phi) is 11.0. The molecule has 0 fully saturated rings. The Hall–Kier alpha value is -1.14. The number of rotatable bonds is 13. The Bertz CT molecular complexity index is 390. The maximum absolute atomic E-state index is 11.4. The molecule has 0 heterocycles. The van der Waals surface area contributed by atoms with Gasteiger partial charge in [-0.2, -0.15) is 0 Å². The molecule has 0 saturated carbocycles. The van der Waals surface area contributed by atoms with E-state index in [4.69, 9.17) is 9.47 Å². The number of aliphatic hydroxyl groups is 2. The van der Waals surface area contributed by atoms with E-state index in [1.807, 2.05) is 27.7 Å². The molecular formula is C20H38O6. The van der Waals surface area contributed by atoms with Crippen molar-refractivity contribution in [1.29, 1.82) is 0 Å². The van der Waals surface area contributed by atoms with E-state index in [0.717, 1.165) is 0 Å². The summed E-state index contributed by atoms with van der Waals surface area (Å²) < 4.78 is 9.39. The number of esters is 2. The lowest BCUT2D eigenvalue weighted by molar-refractivity contribution is -0.144. The molecule has 0 aromatic carbocycles. The first-order valence-electron chi connectivity index (χ1n) is 9.40. The SMILES string of the molecule is COC(=O)CC(C)(C)CCC(O)CCC(O)CCC(C)(C)CC(=O)OC. The molecule has 0 radical (unpaired) electrons. The first-order chi connectivity index (χ1) is 11.9. The third-order valence-corrected chi connectivity index (χ3v) is 4.84. The van der Waals surface area contributed by atoms with Crippen LogP contribution in [0, 0.1) is 10.8 Å². The van der Waals surface area contributed by atoms with Gasteiger partial charge in [-0.25, -0.2) is 0 Å². The second kappa shape index (κ2) is 11.5. The number of hydrogen-bond donors (Lipinski definition) is 2. The first kappa shape index (κ1) is 24.9. The van der Waals surface area contributed by atoms with Gasteiger partial charge in [-0.1, -0.05) is 27.7 Å². The summed E-state index contributed by atoms with van der Waals surface area (Å²) in [6, 6.07) is 0. The van der Waals surface area contributed by atoms with E-state index in [0.29, 0.717) is 51.4 Å². The van der Waals surface area contributed by atoms with Crippen LogP contribution < -0.4 is 0 Å². The second-order valence-corrected chi connectivity index (χ2v) is 8.80. The third-order valence-electron chi connectivity index (χ3n) is 4.84. The van der Waals surface area contributed by atoms with Crippen LogP contribution in [0.15, 0.2) is 0 Å². The lowest BCUT2D eigenvalue weighted by Crippen LogP contribution is -2.22. The van der Waals surface area contributed by atoms with Gasteiger partial charge >= 0.3 is 11.9 Å². The Morgan fingerprint density at radius 1 is 0.731 bits per heavy atom. The Morgan fingerprint density at radius 3 is 1.31 bits per heavy atom. The van der Waals surface area contributed by atoms with Crippen molar-refractivity contribution in [3.63, 3.8) is 0 Å². The highest BCUT2D eigenvalue weighted by molar-refractivity contribution is 5.70. The molecular weight excluding hydrogens is 336 g/mol. The van der Waals surface area contributed by atoms with Crippen molar-refractivity contribution in [2.75, 3.05) is 14.2 Å². The number of methoxy groups -OCH3 is 2. The van der Waals surface area contributed by atoms with Crippen LogP contribution in [0.2, 0.25) is 0 Å². The smallest absolute Gasteiger partial charge is 0.306 e. The average molecular weight is 375 g/mol. The van der Waals surface area contributed by atoms with E-state index < -0.39 is 12.2 Å². The van der Waals surface area contributed by atoms with E-state index >= 15 is 0 Å². The summed E-state index contributed by atoms with van der Waals surface area (Å²) in [5.41, 5.74) is -0.435. The van der Waals surface area contributed by atoms with Gasteiger partial charge in [-0.3, -0.25) is 9.59 Å². The Balaban J connectivity index is 4.09. The Labute approximate surface area is 158 Å². The predicted molar refractivity (Wildman–Crippen MR) is 101 cm³/mol. The fourth-order valence-electron chi connectivity index (χ4n) is 2.89. The van der Waals surface area contributed by atoms with Crippen LogP contribution in [-0.2, 0) is 19.1 Å². The van der Waals surface area contributed by atoms with E-state index in [1.54, 1.807) is 0 Å². The minimum atomic E-state index is -0.496. The van der Waals surface area contributed by atoms with Gasteiger partial charge in [0, 0.05) is 0 Å². The number of ether oxygens (including phenoxy) is 2. The standard InChI is InChI=1S/C20H38O6/c1-19(2,13-17(23)25-5)11-9-15(21)7-8-16(22)10-12-20(3,4)14-18(24)26-6/h15-16,21-22H,7-14H2,1-6H3. The van der Waals surface area contributed by atoms with E-state index in [2.05, 4.69) is 0 Å². The van der Waals surface area contributed by atoms with Gasteiger partial charge in [0.05, 0.1) is 39.3 Å². The molecule has 0 aromatic rings. The summed E-state index contributed by atoms with van der Waals surface area (Å²) in [6.07, 6.45) is 3.31. The van der Waals surface area contributed by atoms with Gasteiger partial charge in [0.1, 0.15) is 0 Å². The van der Waals surface area contributed by atoms with E-state index in [-0.39, 0.29) is 22.8 Å². The second-order valence-electron chi connectivity index (χ2n) is 8.80. The third kappa shape index (κ3) is 12.3. The molecule has 6 heteroatoms. The average Bonchev–Trinajstić information content (AvgIpc) is 2.55. The fraction of sp³-hybridized carbons (Fsp3) is 0.900. The molecule has 0 spiro atoms. The molecule has 0 aliphatic carbocycles. The van der Waals surface area contributed by atoms with Crippen LogP contribution >= 0.6 is 0 Å². The van der Waals surface area contributed by atoms with Crippen LogP contribution in [0.1, 0.15) is 79.1 Å². The minimum Gasteiger partial charge on any atom is -0.469 e. The zero-order valence-electron chi connectivity index (χ0n) is 17.3. The van der Waals surface area contributed by atoms with Gasteiger partial charge in [-0.15, -0.1) is 0 Å². The van der Waals surface area contributed by atoms with Crippen molar-refractivity contribution < 1.29 is 29.3 Å². The quantitative estimate of drug-likeness (QED) is 0.481. The molecule has 2 N–H and O–H groups in total. The zero-order valence-corrected chi connectivity index (χ0v) is 17.3. The van der Waals surface area contributed by atoms with Gasteiger partial charge in [-0.05, 0) is 49.4 Å². The molecule has 154 valence electrons. The molecule has 0 saturated heterocycles. The lowest BCUT2D eigenvalue weighted by atomic mass is 9.82. The maximum Gasteiger partial charge on any atom is 0.306 e. The van der Waals surface area contributed by atoms with Gasteiger partial charge in [0.2, 0.25) is 0 Å². The van der Waals surface area contributed by atoms with E-state index in [9.17, 15) is 19.8 Å². The van der Waals surface area contributed by atoms with Crippen molar-refractivity contribution in [2.24, 2.45) is 10.8 Å². The lowest BCUT2D eigenvalue weighted by Gasteiger charge is -2.26. The van der Waals surface area contributed by atoms with Crippen LogP contribution in [-0.4, -0.2) is 48.6 Å². The molecule has 2 atom stereocenters. The monoisotopic (exact) mass is 374 g/mol. The first-order valence-corrected chi connectivity index (χ1v) is 9.40. The maximum atomic E-state index is 11.4. The molecule has 0 aromatic heterocycles. The van der Waals surface area contributed by atoms with Crippen molar-refractivity contribution >= 4 is 11.9 Å². The highest BCUT2D eigenvalue weighted by atomic mass is 16.5. The molecule has 0 bridgehead atoms. The molecule has 0 amide bonds. The van der Waals surface area contributed by atoms with Crippen LogP contribution in [0.3, 0.4) is 0 Å². The summed E-state index contributed by atoms with van der Waals surface area (Å²) in [5, 5.41) is 20.3. The fourth-order valence-corrected chi connectivity index (χ4v) is 2.89. The number of carbonyl (C=O) groups is 2. The summed E-state index contributed by atoms with van der Waals surface area (Å²) >= 11 is 0. The van der Waals surface area contributed by atoms with E-state index in [1.165, 1.54) is 14.2 Å². The Morgan fingerprint density at radius 2 is 1.04 bits per heavy atom. The largest absolute Gasteiger partial charge is 0.469 e. The minimum absolute atomic E-state index is 0.218. The molecule has 0 aliphatic rings. The normalized spacial score (nSPS) is 14.6. The zero-order chi connectivity index (χ0) is 20.4. The number of aliphatic hydroxyl groups excluding tert-OH is 2. The molecule has 6 nitrogen and oxygen atoms in total. The summed E-state index contributed by atoms with van der Waals surface area (Å²) in [6.45, 7) is 7.92. The molecule has 0 rings (SSSR count). The summed E-state index contributed by atoms with van der Waals surface area (Å²) in [4.78, 5) is 22.8. The van der Waals surface area contributed by atoms with Crippen molar-refractivity contribution in [1.82, 2.24) is 0 Å². The van der Waals surface area contributed by atoms with Crippen LogP contribution in [0.5, 0.6) is 0 Å². The number of carbonyl (C=O) groups excluding carboxylic acids is 2. The topological polar surface area (TPSA) is 93.1 Å². The van der Waals surface area contributed by atoms with Crippen molar-refractivity contribution in [2.45, 2.75) is 91.3 Å². The van der Waals surface area contributed by atoms with Gasteiger partial charge < -0.3 is 19.7 Å². The van der Waals surface area contributed by atoms with Crippen LogP contribution in [0.4, 0.5) is 0 Å².